The Kier molecular flexibility index (Phi) is 12.2. The van der Waals surface area contributed by atoms with Gasteiger partial charge in [-0.2, -0.15) is 0 Å². The summed E-state index contributed by atoms with van der Waals surface area (Å²) in [6, 6.07) is 9.57. The van der Waals surface area contributed by atoms with Crippen LogP contribution in [0.15, 0.2) is 64.5 Å². The number of nitrogens with zero attached hydrogens (tertiary/aromatic N) is 4. The number of rotatable bonds is 0. The summed E-state index contributed by atoms with van der Waals surface area (Å²) < 4.78 is 6.94. The molecule has 0 saturated carbocycles. The minimum atomic E-state index is -0.833. The standard InChI is InChI=1S/C10H8Br2N2O2.C10H10N2O2.C2H4O2.Br2/c1-13-7-3-6(12)10(16)14(2)8(7)4-5(11)9(13)15;1-11-7-3-6-10(14)12(2)8(7)4-5-9(11)13;1-2(3)4;1-2/h3-4H,1-2H3;3-6H,1-2H3;1H3,(H,3,4);. The number of pyridine rings is 4. The maximum atomic E-state index is 11.7. The first-order valence-corrected chi connectivity index (χ1v) is 15.1. The fourth-order valence-electron chi connectivity index (χ4n) is 3.09. The molecule has 0 amide bonds. The van der Waals surface area contributed by atoms with E-state index < -0.39 is 5.97 Å². The highest BCUT2D eigenvalue weighted by atomic mass is 80.9. The zero-order valence-electron chi connectivity index (χ0n) is 19.8. The average molecular weight is 758 g/mol. The SMILES string of the molecule is BrBr.CC(=O)O.Cn1c(=O)c(Br)cc2c1cc(Br)c(=O)n2C.Cn1c(=O)ccc2c1ccc(=O)n2C. The van der Waals surface area contributed by atoms with Crippen molar-refractivity contribution in [1.82, 2.24) is 18.3 Å². The van der Waals surface area contributed by atoms with Crippen LogP contribution in [0.4, 0.5) is 0 Å². The Morgan fingerprint density at radius 1 is 0.639 bits per heavy atom. The minimum absolute atomic E-state index is 0.0730. The molecular formula is C22H22Br4N4O6. The third-order valence-corrected chi connectivity index (χ3v) is 6.08. The molecule has 10 nitrogen and oxygen atoms in total. The molecule has 4 rings (SSSR count). The van der Waals surface area contributed by atoms with Gasteiger partial charge in [-0.25, -0.2) is 0 Å². The van der Waals surface area contributed by atoms with E-state index in [1.807, 2.05) is 0 Å². The average Bonchev–Trinajstić information content (AvgIpc) is 2.83. The number of aromatic nitrogens is 4. The molecule has 36 heavy (non-hydrogen) atoms. The first-order valence-electron chi connectivity index (χ1n) is 9.82. The zero-order chi connectivity index (χ0) is 27.9. The van der Waals surface area contributed by atoms with Crippen LogP contribution in [0, 0.1) is 0 Å². The van der Waals surface area contributed by atoms with Crippen LogP contribution >= 0.6 is 60.1 Å². The summed E-state index contributed by atoms with van der Waals surface area (Å²) >= 11 is 11.9. The molecule has 0 saturated heterocycles. The highest BCUT2D eigenvalue weighted by molar-refractivity contribution is 9.93. The van der Waals surface area contributed by atoms with Gasteiger partial charge >= 0.3 is 0 Å². The van der Waals surface area contributed by atoms with E-state index in [4.69, 9.17) is 9.90 Å². The van der Waals surface area contributed by atoms with E-state index in [0.717, 1.165) is 18.0 Å². The second kappa shape index (κ2) is 13.9. The number of fused-ring (bicyclic) bond motifs is 2. The van der Waals surface area contributed by atoms with Gasteiger partial charge in [-0.3, -0.25) is 24.0 Å². The van der Waals surface area contributed by atoms with E-state index in [1.165, 1.54) is 30.4 Å². The second-order valence-electron chi connectivity index (χ2n) is 7.23. The van der Waals surface area contributed by atoms with E-state index >= 15 is 0 Å². The number of aliphatic carboxylic acids is 1. The molecule has 14 heteroatoms. The normalized spacial score (nSPS) is 9.92. The van der Waals surface area contributed by atoms with Crippen molar-refractivity contribution in [2.24, 2.45) is 28.2 Å². The van der Waals surface area contributed by atoms with Crippen molar-refractivity contribution >= 4 is 88.2 Å². The van der Waals surface area contributed by atoms with Crippen LogP contribution in [0.1, 0.15) is 6.92 Å². The Labute approximate surface area is 236 Å². The van der Waals surface area contributed by atoms with Gasteiger partial charge in [-0.1, -0.05) is 0 Å². The molecule has 0 aliphatic carbocycles. The van der Waals surface area contributed by atoms with Gasteiger partial charge in [-0.05, 0) is 56.1 Å². The fourth-order valence-corrected chi connectivity index (χ4v) is 4.05. The van der Waals surface area contributed by atoms with Crippen LogP contribution in [-0.2, 0) is 33.0 Å². The van der Waals surface area contributed by atoms with Crippen molar-refractivity contribution in [3.63, 3.8) is 0 Å². The number of hydrogen-bond donors (Lipinski definition) is 1. The van der Waals surface area contributed by atoms with E-state index in [0.29, 0.717) is 20.0 Å². The first kappa shape index (κ1) is 31.7. The highest BCUT2D eigenvalue weighted by Gasteiger charge is 2.10. The van der Waals surface area contributed by atoms with Crippen LogP contribution in [0.5, 0.6) is 0 Å². The number of carbonyl (C=O) groups is 1. The van der Waals surface area contributed by atoms with Gasteiger partial charge < -0.3 is 23.4 Å². The third kappa shape index (κ3) is 7.37. The van der Waals surface area contributed by atoms with Crippen molar-refractivity contribution in [2.75, 3.05) is 0 Å². The lowest BCUT2D eigenvalue weighted by Crippen LogP contribution is -2.23. The molecule has 0 fully saturated rings. The van der Waals surface area contributed by atoms with E-state index in [9.17, 15) is 19.2 Å². The van der Waals surface area contributed by atoms with Crippen LogP contribution in [0.2, 0.25) is 0 Å². The summed E-state index contributed by atoms with van der Waals surface area (Å²) in [5.74, 6) is -0.833. The molecule has 4 heterocycles. The number of hydrogen-bond acceptors (Lipinski definition) is 5. The summed E-state index contributed by atoms with van der Waals surface area (Å²) in [6.07, 6.45) is 0. The van der Waals surface area contributed by atoms with E-state index in [2.05, 4.69) is 60.1 Å². The largest absolute Gasteiger partial charge is 0.481 e. The quantitative estimate of drug-likeness (QED) is 0.291. The molecule has 0 aromatic carbocycles. The monoisotopic (exact) mass is 754 g/mol. The Morgan fingerprint density at radius 3 is 1.19 bits per heavy atom. The van der Waals surface area contributed by atoms with Crippen LogP contribution < -0.4 is 22.2 Å². The molecule has 0 aliphatic heterocycles. The second-order valence-corrected chi connectivity index (χ2v) is 8.94. The van der Waals surface area contributed by atoms with Gasteiger partial charge in [0.15, 0.2) is 0 Å². The predicted molar refractivity (Wildman–Crippen MR) is 155 cm³/mol. The Hall–Kier alpha value is -2.29. The maximum absolute atomic E-state index is 11.7. The summed E-state index contributed by atoms with van der Waals surface area (Å²) in [4.78, 5) is 55.0. The van der Waals surface area contributed by atoms with E-state index in [-0.39, 0.29) is 22.2 Å². The molecule has 0 radical (unpaired) electrons. The zero-order valence-corrected chi connectivity index (χ0v) is 26.1. The lowest BCUT2D eigenvalue weighted by molar-refractivity contribution is -0.134. The summed E-state index contributed by atoms with van der Waals surface area (Å²) in [5.41, 5.74) is 2.55. The van der Waals surface area contributed by atoms with Crippen molar-refractivity contribution < 1.29 is 9.90 Å². The number of carboxylic acid groups (broad SMARTS) is 1. The molecule has 0 bridgehead atoms. The van der Waals surface area contributed by atoms with Crippen molar-refractivity contribution in [3.8, 4) is 0 Å². The third-order valence-electron chi connectivity index (χ3n) is 4.94. The fraction of sp³-hybridized carbons (Fsp3) is 0.227. The Bertz CT molecular complexity index is 1530. The van der Waals surface area contributed by atoms with Gasteiger partial charge in [0.1, 0.15) is 0 Å². The van der Waals surface area contributed by atoms with Crippen molar-refractivity contribution in [3.05, 3.63) is 86.8 Å². The molecule has 4 aromatic rings. The van der Waals surface area contributed by atoms with Gasteiger partial charge in [0, 0.05) is 75.5 Å². The lowest BCUT2D eigenvalue weighted by atomic mass is 10.3. The molecule has 0 spiro atoms. The van der Waals surface area contributed by atoms with E-state index in [1.54, 1.807) is 52.5 Å². The number of carboxylic acids is 1. The molecule has 0 aliphatic rings. The van der Waals surface area contributed by atoms with Gasteiger partial charge in [0.05, 0.1) is 31.0 Å². The van der Waals surface area contributed by atoms with Crippen molar-refractivity contribution in [2.45, 2.75) is 6.92 Å². The van der Waals surface area contributed by atoms with Gasteiger partial charge in [0.2, 0.25) is 0 Å². The van der Waals surface area contributed by atoms with Gasteiger partial charge in [0.25, 0.3) is 28.2 Å². The molecule has 0 unspecified atom stereocenters. The summed E-state index contributed by atoms with van der Waals surface area (Å²) in [7, 11) is 6.73. The molecule has 194 valence electrons. The lowest BCUT2D eigenvalue weighted by Gasteiger charge is -2.09. The maximum Gasteiger partial charge on any atom is 0.300 e. The van der Waals surface area contributed by atoms with Crippen LogP contribution in [0.25, 0.3) is 22.1 Å². The minimum Gasteiger partial charge on any atom is -0.481 e. The van der Waals surface area contributed by atoms with Crippen LogP contribution in [-0.4, -0.2) is 29.3 Å². The van der Waals surface area contributed by atoms with Crippen molar-refractivity contribution in [1.29, 1.82) is 0 Å². The van der Waals surface area contributed by atoms with Gasteiger partial charge in [-0.15, -0.1) is 0 Å². The smallest absolute Gasteiger partial charge is 0.300 e. The summed E-state index contributed by atoms with van der Waals surface area (Å²) in [6.45, 7) is 1.08. The predicted octanol–water partition coefficient (Wildman–Crippen LogP) is 3.78. The Balaban J connectivity index is 0.000000298. The number of halogens is 4. The highest BCUT2D eigenvalue weighted by Crippen LogP contribution is 2.17. The summed E-state index contributed by atoms with van der Waals surface area (Å²) in [5, 5.41) is 7.42. The molecule has 0 atom stereocenters. The first-order chi connectivity index (χ1) is 16.8. The Morgan fingerprint density at radius 2 is 0.917 bits per heavy atom. The molecule has 1 N–H and O–H groups in total. The topological polar surface area (TPSA) is 125 Å². The molecule has 4 aromatic heterocycles. The molecular weight excluding hydrogens is 736 g/mol. The van der Waals surface area contributed by atoms with Crippen LogP contribution in [0.3, 0.4) is 0 Å². The number of aryl methyl sites for hydroxylation is 4.